The number of nitro groups is 1. The van der Waals surface area contributed by atoms with E-state index in [0.29, 0.717) is 6.42 Å². The minimum absolute atomic E-state index is 0.129. The predicted molar refractivity (Wildman–Crippen MR) is 98.6 cm³/mol. The fourth-order valence-corrected chi connectivity index (χ4v) is 2.34. The van der Waals surface area contributed by atoms with Crippen LogP contribution in [0.4, 0.5) is 11.4 Å². The van der Waals surface area contributed by atoms with Crippen LogP contribution in [0.3, 0.4) is 0 Å². The van der Waals surface area contributed by atoms with Crippen LogP contribution in [0.25, 0.3) is 0 Å². The maximum Gasteiger partial charge on any atom is 0.306 e. The second-order valence-electron chi connectivity index (χ2n) is 5.75. The smallest absolute Gasteiger partial charge is 0.306 e. The Labute approximate surface area is 156 Å². The second-order valence-corrected chi connectivity index (χ2v) is 5.75. The van der Waals surface area contributed by atoms with E-state index in [0.717, 1.165) is 5.56 Å². The summed E-state index contributed by atoms with van der Waals surface area (Å²) in [6.45, 7) is 1.43. The Balaban J connectivity index is 1.94. The molecule has 0 aromatic heterocycles. The highest BCUT2D eigenvalue weighted by Gasteiger charge is 2.20. The Kier molecular flexibility index (Phi) is 6.87. The number of anilines is 1. The molecule has 0 heterocycles. The zero-order valence-electron chi connectivity index (χ0n) is 15.0. The van der Waals surface area contributed by atoms with Gasteiger partial charge < -0.3 is 14.8 Å². The number of hydrogen-bond donors (Lipinski definition) is 1. The highest BCUT2D eigenvalue weighted by atomic mass is 16.6. The molecule has 0 radical (unpaired) electrons. The number of ether oxygens (including phenoxy) is 2. The number of esters is 1. The van der Waals surface area contributed by atoms with Crippen LogP contribution in [0.2, 0.25) is 0 Å². The van der Waals surface area contributed by atoms with Crippen molar-refractivity contribution in [2.45, 2.75) is 25.9 Å². The van der Waals surface area contributed by atoms with Crippen LogP contribution in [-0.4, -0.2) is 30.0 Å². The number of nitrogens with one attached hydrogen (secondary N) is 1. The molecule has 0 saturated heterocycles. The molecule has 0 aliphatic heterocycles. The first kappa shape index (κ1) is 19.9. The van der Waals surface area contributed by atoms with Crippen molar-refractivity contribution >= 4 is 23.3 Å². The topological polar surface area (TPSA) is 108 Å². The summed E-state index contributed by atoms with van der Waals surface area (Å²) in [6.07, 6.45) is -0.411. The van der Waals surface area contributed by atoms with Crippen molar-refractivity contribution in [1.29, 1.82) is 0 Å². The third-order valence-electron chi connectivity index (χ3n) is 3.79. The van der Waals surface area contributed by atoms with Crippen LogP contribution >= 0.6 is 0 Å². The van der Waals surface area contributed by atoms with Gasteiger partial charge in [0.15, 0.2) is 6.10 Å². The molecule has 2 aromatic rings. The molecule has 0 unspecified atom stereocenters. The Morgan fingerprint density at radius 3 is 2.52 bits per heavy atom. The predicted octanol–water partition coefficient (Wildman–Crippen LogP) is 3.11. The van der Waals surface area contributed by atoms with E-state index in [1.807, 2.05) is 30.3 Å². The van der Waals surface area contributed by atoms with Crippen LogP contribution in [-0.2, 0) is 20.7 Å². The Morgan fingerprint density at radius 2 is 1.89 bits per heavy atom. The highest BCUT2D eigenvalue weighted by molar-refractivity contribution is 5.96. The molecule has 0 saturated carbocycles. The van der Waals surface area contributed by atoms with Crippen LogP contribution in [0.1, 0.15) is 18.9 Å². The number of aryl methyl sites for hydroxylation is 1. The van der Waals surface area contributed by atoms with E-state index in [1.165, 1.54) is 32.2 Å². The van der Waals surface area contributed by atoms with Crippen molar-refractivity contribution in [3.05, 3.63) is 64.2 Å². The van der Waals surface area contributed by atoms with E-state index < -0.39 is 22.9 Å². The molecule has 1 amide bonds. The first-order valence-electron chi connectivity index (χ1n) is 8.27. The van der Waals surface area contributed by atoms with Gasteiger partial charge in [0.2, 0.25) is 0 Å². The molecular formula is C19H20N2O6. The molecule has 8 heteroatoms. The van der Waals surface area contributed by atoms with Crippen molar-refractivity contribution in [2.24, 2.45) is 0 Å². The fraction of sp³-hybridized carbons (Fsp3) is 0.263. The Hall–Kier alpha value is -3.42. The van der Waals surface area contributed by atoms with E-state index in [9.17, 15) is 19.7 Å². The number of non-ortho nitro benzene ring substituents is 1. The summed E-state index contributed by atoms with van der Waals surface area (Å²) in [5.41, 5.74) is 0.926. The maximum absolute atomic E-state index is 12.3. The SMILES string of the molecule is COc1ccc([N+](=O)[O-])cc1NC(=O)[C@H](C)OC(=O)CCc1ccccc1. The molecule has 0 aliphatic rings. The number of carbonyl (C=O) groups is 2. The minimum atomic E-state index is -1.06. The standard InChI is InChI=1S/C19H20N2O6/c1-13(27-18(22)11-8-14-6-4-3-5-7-14)19(23)20-16-12-15(21(24)25)9-10-17(16)26-2/h3-7,9-10,12-13H,8,11H2,1-2H3,(H,20,23)/t13-/m0/s1. The molecule has 0 bridgehead atoms. The lowest BCUT2D eigenvalue weighted by Crippen LogP contribution is -2.30. The van der Waals surface area contributed by atoms with Gasteiger partial charge in [0.25, 0.3) is 11.6 Å². The molecule has 2 aromatic carbocycles. The number of hydrogen-bond acceptors (Lipinski definition) is 6. The highest BCUT2D eigenvalue weighted by Crippen LogP contribution is 2.29. The summed E-state index contributed by atoms with van der Waals surface area (Å²) in [5, 5.41) is 13.4. The number of rotatable bonds is 8. The molecule has 2 rings (SSSR count). The lowest BCUT2D eigenvalue weighted by molar-refractivity contribution is -0.384. The van der Waals surface area contributed by atoms with Gasteiger partial charge in [-0.15, -0.1) is 0 Å². The molecule has 0 spiro atoms. The Morgan fingerprint density at radius 1 is 1.19 bits per heavy atom. The summed E-state index contributed by atoms with van der Waals surface area (Å²) >= 11 is 0. The van der Waals surface area contributed by atoms with Gasteiger partial charge >= 0.3 is 5.97 Å². The first-order chi connectivity index (χ1) is 12.9. The number of nitrogens with zero attached hydrogens (tertiary/aromatic N) is 1. The van der Waals surface area contributed by atoms with Crippen molar-refractivity contribution in [1.82, 2.24) is 0 Å². The lowest BCUT2D eigenvalue weighted by Gasteiger charge is -2.15. The zero-order chi connectivity index (χ0) is 19.8. The van der Waals surface area contributed by atoms with Gasteiger partial charge in [-0.1, -0.05) is 30.3 Å². The molecule has 142 valence electrons. The van der Waals surface area contributed by atoms with Crippen molar-refractivity contribution in [2.75, 3.05) is 12.4 Å². The first-order valence-corrected chi connectivity index (χ1v) is 8.27. The maximum atomic E-state index is 12.3. The monoisotopic (exact) mass is 372 g/mol. The van der Waals surface area contributed by atoms with E-state index in [1.54, 1.807) is 0 Å². The summed E-state index contributed by atoms with van der Waals surface area (Å²) in [5.74, 6) is -0.856. The summed E-state index contributed by atoms with van der Waals surface area (Å²) in [4.78, 5) is 34.5. The lowest BCUT2D eigenvalue weighted by atomic mass is 10.1. The minimum Gasteiger partial charge on any atom is -0.495 e. The van der Waals surface area contributed by atoms with Crippen molar-refractivity contribution in [3.8, 4) is 5.75 Å². The molecular weight excluding hydrogens is 352 g/mol. The zero-order valence-corrected chi connectivity index (χ0v) is 15.0. The number of carbonyl (C=O) groups excluding carboxylic acids is 2. The number of benzene rings is 2. The van der Waals surface area contributed by atoms with E-state index in [4.69, 9.17) is 9.47 Å². The Bertz CT molecular complexity index is 822. The molecule has 1 atom stereocenters. The van der Waals surface area contributed by atoms with Crippen molar-refractivity contribution < 1.29 is 24.0 Å². The van der Waals surface area contributed by atoms with Crippen LogP contribution in [0, 0.1) is 10.1 Å². The van der Waals surface area contributed by atoms with E-state index in [-0.39, 0.29) is 23.5 Å². The summed E-state index contributed by atoms with van der Waals surface area (Å²) in [7, 11) is 1.38. The van der Waals surface area contributed by atoms with E-state index >= 15 is 0 Å². The molecule has 27 heavy (non-hydrogen) atoms. The van der Waals surface area contributed by atoms with Gasteiger partial charge in [0.1, 0.15) is 5.75 Å². The quantitative estimate of drug-likeness (QED) is 0.433. The van der Waals surface area contributed by atoms with Crippen LogP contribution in [0.5, 0.6) is 5.75 Å². The van der Waals surface area contributed by atoms with Gasteiger partial charge in [0, 0.05) is 18.6 Å². The average molecular weight is 372 g/mol. The molecule has 0 fully saturated rings. The van der Waals surface area contributed by atoms with Crippen LogP contribution in [0.15, 0.2) is 48.5 Å². The van der Waals surface area contributed by atoms with Gasteiger partial charge in [-0.25, -0.2) is 0 Å². The normalized spacial score (nSPS) is 11.3. The van der Waals surface area contributed by atoms with Gasteiger partial charge in [-0.3, -0.25) is 19.7 Å². The molecule has 0 aliphatic carbocycles. The van der Waals surface area contributed by atoms with Gasteiger partial charge in [-0.05, 0) is 25.0 Å². The third-order valence-corrected chi connectivity index (χ3v) is 3.79. The molecule has 1 N–H and O–H groups in total. The average Bonchev–Trinajstić information content (AvgIpc) is 2.67. The third kappa shape index (κ3) is 5.81. The summed E-state index contributed by atoms with van der Waals surface area (Å²) in [6, 6.07) is 13.3. The summed E-state index contributed by atoms with van der Waals surface area (Å²) < 4.78 is 10.2. The largest absolute Gasteiger partial charge is 0.495 e. The van der Waals surface area contributed by atoms with Crippen molar-refractivity contribution in [3.63, 3.8) is 0 Å². The number of nitro benzene ring substituents is 1. The fourth-order valence-electron chi connectivity index (χ4n) is 2.34. The second kappa shape index (κ2) is 9.33. The van der Waals surface area contributed by atoms with Gasteiger partial charge in [0.05, 0.1) is 17.7 Å². The number of amides is 1. The van der Waals surface area contributed by atoms with Crippen LogP contribution < -0.4 is 10.1 Å². The number of methoxy groups -OCH3 is 1. The molecule has 8 nitrogen and oxygen atoms in total. The van der Waals surface area contributed by atoms with Gasteiger partial charge in [-0.2, -0.15) is 0 Å². The van der Waals surface area contributed by atoms with E-state index in [2.05, 4.69) is 5.32 Å².